The van der Waals surface area contributed by atoms with E-state index in [4.69, 9.17) is 10.5 Å². The van der Waals surface area contributed by atoms with Gasteiger partial charge in [-0.05, 0) is 24.1 Å². The fraction of sp³-hybridized carbons (Fsp3) is 0.400. The van der Waals surface area contributed by atoms with Crippen LogP contribution in [0.4, 0.5) is 5.69 Å². The summed E-state index contributed by atoms with van der Waals surface area (Å²) in [4.78, 5) is 39.6. The van der Waals surface area contributed by atoms with E-state index in [0.29, 0.717) is 24.3 Å². The first kappa shape index (κ1) is 25.6. The van der Waals surface area contributed by atoms with Crippen molar-refractivity contribution in [1.82, 2.24) is 10.4 Å². The first-order valence-corrected chi connectivity index (χ1v) is 13.7. The van der Waals surface area contributed by atoms with Crippen LogP contribution < -0.4 is 20.8 Å². The Balaban J connectivity index is 1.57. The first-order chi connectivity index (χ1) is 17.2. The van der Waals surface area contributed by atoms with Crippen LogP contribution in [0.5, 0.6) is 5.75 Å². The second-order valence-corrected chi connectivity index (χ2v) is 11.3. The number of nitrogens with zero attached hydrogens (tertiary/aromatic N) is 2. The summed E-state index contributed by atoms with van der Waals surface area (Å²) in [5.74, 6) is -2.70. The van der Waals surface area contributed by atoms with Gasteiger partial charge in [-0.15, -0.1) is 0 Å². The topological polar surface area (TPSA) is 139 Å². The molecule has 0 spiro atoms. The molecule has 2 aliphatic rings. The van der Waals surface area contributed by atoms with Crippen LogP contribution in [-0.2, 0) is 30.8 Å². The maximum absolute atomic E-state index is 13.0. The molecule has 11 heteroatoms. The molecular weight excluding hydrogens is 484 g/mol. The predicted molar refractivity (Wildman–Crippen MR) is 134 cm³/mol. The number of anilines is 1. The molecule has 2 atom stereocenters. The highest BCUT2D eigenvalue weighted by Gasteiger charge is 2.45. The third-order valence-electron chi connectivity index (χ3n) is 6.57. The maximum atomic E-state index is 13.0. The SMILES string of the molecule is CCC1C(C(=O)C(N)=O)c2c(OCC(=O)NN3CCS(=O)(=O)CC3)cccc2N1Cc1ccccc1. The van der Waals surface area contributed by atoms with Crippen molar-refractivity contribution in [3.63, 3.8) is 0 Å². The molecule has 10 nitrogen and oxygen atoms in total. The van der Waals surface area contributed by atoms with Crippen LogP contribution in [0.3, 0.4) is 0 Å². The number of fused-ring (bicyclic) bond motifs is 1. The van der Waals surface area contributed by atoms with E-state index in [0.717, 1.165) is 11.3 Å². The number of ether oxygens (including phenoxy) is 1. The number of amides is 2. The van der Waals surface area contributed by atoms with Crippen molar-refractivity contribution in [2.24, 2.45) is 5.73 Å². The van der Waals surface area contributed by atoms with Gasteiger partial charge in [-0.3, -0.25) is 19.8 Å². The Morgan fingerprint density at radius 1 is 1.06 bits per heavy atom. The summed E-state index contributed by atoms with van der Waals surface area (Å²) >= 11 is 0. The van der Waals surface area contributed by atoms with Gasteiger partial charge in [-0.2, -0.15) is 0 Å². The number of sulfone groups is 1. The van der Waals surface area contributed by atoms with E-state index >= 15 is 0 Å². The second-order valence-electron chi connectivity index (χ2n) is 8.95. The van der Waals surface area contributed by atoms with Crippen LogP contribution in [0.1, 0.15) is 30.4 Å². The number of carbonyl (C=O) groups excluding carboxylic acids is 3. The average molecular weight is 515 g/mol. The Morgan fingerprint density at radius 2 is 1.75 bits per heavy atom. The van der Waals surface area contributed by atoms with Crippen molar-refractivity contribution in [1.29, 1.82) is 0 Å². The first-order valence-electron chi connectivity index (χ1n) is 11.8. The fourth-order valence-corrected chi connectivity index (χ4v) is 6.05. The van der Waals surface area contributed by atoms with Crippen molar-refractivity contribution < 1.29 is 27.5 Å². The zero-order valence-corrected chi connectivity index (χ0v) is 20.9. The molecule has 1 saturated heterocycles. The maximum Gasteiger partial charge on any atom is 0.285 e. The fourth-order valence-electron chi connectivity index (χ4n) is 4.85. The van der Waals surface area contributed by atoms with Crippen molar-refractivity contribution in [3.05, 3.63) is 59.7 Å². The van der Waals surface area contributed by atoms with E-state index in [1.165, 1.54) is 0 Å². The molecule has 4 rings (SSSR count). The molecule has 0 radical (unpaired) electrons. The molecule has 2 amide bonds. The van der Waals surface area contributed by atoms with Gasteiger partial charge < -0.3 is 15.4 Å². The van der Waals surface area contributed by atoms with Crippen LogP contribution in [-0.4, -0.2) is 68.3 Å². The predicted octanol–water partition coefficient (Wildman–Crippen LogP) is 0.764. The number of rotatable bonds is 9. The third kappa shape index (κ3) is 5.52. The Labute approximate surface area is 210 Å². The Hall–Kier alpha value is -3.44. The molecule has 0 aliphatic carbocycles. The average Bonchev–Trinajstić information content (AvgIpc) is 3.17. The zero-order valence-electron chi connectivity index (χ0n) is 20.1. The van der Waals surface area contributed by atoms with Crippen LogP contribution in [0.15, 0.2) is 48.5 Å². The summed E-state index contributed by atoms with van der Waals surface area (Å²) in [6.45, 7) is 2.54. The highest BCUT2D eigenvalue weighted by atomic mass is 32.2. The Bertz CT molecular complexity index is 1240. The molecule has 2 aromatic carbocycles. The van der Waals surface area contributed by atoms with Crippen molar-refractivity contribution in [2.75, 3.05) is 36.1 Å². The molecule has 3 N–H and O–H groups in total. The third-order valence-corrected chi connectivity index (χ3v) is 8.18. The molecule has 0 aromatic heterocycles. The number of hydrogen-bond donors (Lipinski definition) is 2. The summed E-state index contributed by atoms with van der Waals surface area (Å²) in [6.07, 6.45) is 0.586. The van der Waals surface area contributed by atoms with Crippen molar-refractivity contribution in [3.8, 4) is 5.75 Å². The minimum atomic E-state index is -3.07. The van der Waals surface area contributed by atoms with Crippen LogP contribution >= 0.6 is 0 Å². The number of primary amides is 1. The highest BCUT2D eigenvalue weighted by molar-refractivity contribution is 7.91. The number of hydrogen-bond acceptors (Lipinski definition) is 8. The lowest BCUT2D eigenvalue weighted by Gasteiger charge is -2.29. The number of ketones is 1. The quantitative estimate of drug-likeness (QED) is 0.468. The normalized spacial score (nSPS) is 21.0. The molecule has 2 aliphatic heterocycles. The minimum Gasteiger partial charge on any atom is -0.483 e. The Kier molecular flexibility index (Phi) is 7.60. The zero-order chi connectivity index (χ0) is 25.9. The highest BCUT2D eigenvalue weighted by Crippen LogP contribution is 2.48. The van der Waals surface area contributed by atoms with Gasteiger partial charge in [0.25, 0.3) is 11.8 Å². The summed E-state index contributed by atoms with van der Waals surface area (Å²) in [6, 6.07) is 14.8. The molecule has 2 unspecified atom stereocenters. The molecule has 2 aromatic rings. The van der Waals surface area contributed by atoms with Gasteiger partial charge in [0, 0.05) is 36.9 Å². The van der Waals surface area contributed by atoms with Crippen LogP contribution in [0.2, 0.25) is 0 Å². The van der Waals surface area contributed by atoms with Crippen molar-refractivity contribution in [2.45, 2.75) is 31.8 Å². The summed E-state index contributed by atoms with van der Waals surface area (Å²) in [5.41, 5.74) is 10.4. The van der Waals surface area contributed by atoms with Gasteiger partial charge in [0.05, 0.1) is 17.4 Å². The molecule has 0 saturated carbocycles. The van der Waals surface area contributed by atoms with E-state index in [1.54, 1.807) is 17.1 Å². The molecule has 1 fully saturated rings. The van der Waals surface area contributed by atoms with E-state index in [2.05, 4.69) is 10.3 Å². The summed E-state index contributed by atoms with van der Waals surface area (Å²) in [5, 5.41) is 1.55. The van der Waals surface area contributed by atoms with Crippen LogP contribution in [0.25, 0.3) is 0 Å². The summed E-state index contributed by atoms with van der Waals surface area (Å²) < 4.78 is 29.1. The lowest BCUT2D eigenvalue weighted by Crippen LogP contribution is -2.51. The molecular formula is C25H30N4O6S. The van der Waals surface area contributed by atoms with Gasteiger partial charge >= 0.3 is 0 Å². The van der Waals surface area contributed by atoms with E-state index in [1.807, 2.05) is 43.3 Å². The van der Waals surface area contributed by atoms with Crippen molar-refractivity contribution >= 4 is 33.1 Å². The number of nitrogens with two attached hydrogens (primary N) is 1. The lowest BCUT2D eigenvalue weighted by atomic mass is 9.88. The van der Waals surface area contributed by atoms with Gasteiger partial charge in [0.2, 0.25) is 5.78 Å². The largest absolute Gasteiger partial charge is 0.483 e. The van der Waals surface area contributed by atoms with Gasteiger partial charge in [0.1, 0.15) is 5.75 Å². The second kappa shape index (κ2) is 10.7. The monoisotopic (exact) mass is 514 g/mol. The minimum absolute atomic E-state index is 0.0209. The number of benzene rings is 2. The van der Waals surface area contributed by atoms with E-state index in [-0.39, 0.29) is 37.2 Å². The standard InChI is InChI=1S/C25H30N4O6S/c1-2-18-23(24(31)25(26)32)22-19(29(18)15-17-7-4-3-5-8-17)9-6-10-20(22)35-16-21(30)27-28-11-13-36(33,34)14-12-28/h3-10,18,23H,2,11-16H2,1H3,(H2,26,32)(H,27,30). The number of nitrogens with one attached hydrogen (secondary N) is 1. The number of hydrazine groups is 1. The van der Waals surface area contributed by atoms with Gasteiger partial charge in [-0.25, -0.2) is 13.4 Å². The van der Waals surface area contributed by atoms with E-state index < -0.39 is 33.4 Å². The number of Topliss-reactive ketones (excluding diaryl/α,β-unsaturated/α-hetero) is 1. The Morgan fingerprint density at radius 3 is 2.39 bits per heavy atom. The molecule has 192 valence electrons. The number of carbonyl (C=O) groups is 3. The van der Waals surface area contributed by atoms with Crippen LogP contribution in [0, 0.1) is 0 Å². The summed E-state index contributed by atoms with van der Waals surface area (Å²) in [7, 11) is -3.07. The smallest absolute Gasteiger partial charge is 0.285 e. The molecule has 36 heavy (non-hydrogen) atoms. The van der Waals surface area contributed by atoms with E-state index in [9.17, 15) is 22.8 Å². The van der Waals surface area contributed by atoms with Gasteiger partial charge in [-0.1, -0.05) is 43.3 Å². The molecule has 2 heterocycles. The van der Waals surface area contributed by atoms with Gasteiger partial charge in [0.15, 0.2) is 16.4 Å². The lowest BCUT2D eigenvalue weighted by molar-refractivity contribution is -0.137. The molecule has 0 bridgehead atoms.